The average Bonchev–Trinajstić information content (AvgIpc) is 2.86. The number of nitrogens with one attached hydrogen (secondary N) is 1. The van der Waals surface area contributed by atoms with Gasteiger partial charge in [-0.3, -0.25) is 0 Å². The van der Waals surface area contributed by atoms with Crippen molar-refractivity contribution in [3.8, 4) is 0 Å². The Labute approximate surface area is 98.7 Å². The van der Waals surface area contributed by atoms with Gasteiger partial charge in [-0.1, -0.05) is 6.08 Å². The highest BCUT2D eigenvalue weighted by Crippen LogP contribution is 2.15. The van der Waals surface area contributed by atoms with E-state index in [4.69, 9.17) is 0 Å². The average molecular weight is 234 g/mol. The largest absolute Gasteiger partial charge is 0.352 e. The van der Waals surface area contributed by atoms with Crippen LogP contribution in [0, 0.1) is 6.92 Å². The third-order valence-corrected chi connectivity index (χ3v) is 3.01. The number of hydrogen-bond acceptors (Lipinski definition) is 4. The van der Waals surface area contributed by atoms with Crippen LogP contribution in [-0.4, -0.2) is 21.1 Å². The third kappa shape index (κ3) is 2.49. The second-order valence-electron chi connectivity index (χ2n) is 3.39. The molecule has 2 rings (SSSR count). The molecule has 0 aromatic carbocycles. The molecule has 0 aliphatic heterocycles. The van der Waals surface area contributed by atoms with Gasteiger partial charge >= 0.3 is 0 Å². The predicted molar refractivity (Wildman–Crippen MR) is 66.9 cm³/mol. The molecule has 0 radical (unpaired) electrons. The lowest BCUT2D eigenvalue weighted by molar-refractivity contribution is 0.812. The second-order valence-corrected chi connectivity index (χ2v) is 4.71. The Hall–Kier alpha value is -1.62. The van der Waals surface area contributed by atoms with Crippen LogP contribution in [0.5, 0.6) is 0 Å². The molecule has 0 unspecified atom stereocenters. The van der Waals surface area contributed by atoms with E-state index in [1.807, 2.05) is 25.4 Å². The Kier molecular flexibility index (Phi) is 3.36. The highest BCUT2D eigenvalue weighted by Gasteiger charge is 2.04. The maximum absolute atomic E-state index is 4.24. The highest BCUT2D eigenvalue weighted by atomic mass is 32.1. The van der Waals surface area contributed by atoms with Gasteiger partial charge in [0, 0.05) is 30.0 Å². The highest BCUT2D eigenvalue weighted by molar-refractivity contribution is 7.11. The fourth-order valence-electron chi connectivity index (χ4n) is 1.41. The van der Waals surface area contributed by atoms with Crippen molar-refractivity contribution >= 4 is 17.3 Å². The zero-order chi connectivity index (χ0) is 11.4. The van der Waals surface area contributed by atoms with Crippen LogP contribution in [-0.2, 0) is 6.54 Å². The van der Waals surface area contributed by atoms with Gasteiger partial charge < -0.3 is 9.88 Å². The van der Waals surface area contributed by atoms with Gasteiger partial charge in [0.2, 0.25) is 5.95 Å². The zero-order valence-corrected chi connectivity index (χ0v) is 10.00. The minimum atomic E-state index is 0.721. The standard InChI is InChI=1S/C11H14N4S/c1-3-4-12-11-13-5-6-15(11)8-10-7-14-9(2)16-10/h3,5-7H,1,4,8H2,2H3,(H,12,13). The quantitative estimate of drug-likeness (QED) is 0.807. The molecule has 0 atom stereocenters. The van der Waals surface area contributed by atoms with E-state index in [2.05, 4.69) is 26.4 Å². The first kappa shape index (κ1) is 10.9. The van der Waals surface area contributed by atoms with Crippen LogP contribution in [0.15, 0.2) is 31.2 Å². The normalized spacial score (nSPS) is 10.3. The first-order valence-electron chi connectivity index (χ1n) is 5.07. The van der Waals surface area contributed by atoms with Crippen LogP contribution in [0.25, 0.3) is 0 Å². The lowest BCUT2D eigenvalue weighted by Crippen LogP contribution is -2.07. The van der Waals surface area contributed by atoms with Crippen molar-refractivity contribution in [2.75, 3.05) is 11.9 Å². The lowest BCUT2D eigenvalue weighted by Gasteiger charge is -2.06. The molecule has 16 heavy (non-hydrogen) atoms. The third-order valence-electron chi connectivity index (χ3n) is 2.12. The Balaban J connectivity index is 2.09. The maximum atomic E-state index is 4.24. The molecule has 1 N–H and O–H groups in total. The summed E-state index contributed by atoms with van der Waals surface area (Å²) < 4.78 is 2.07. The van der Waals surface area contributed by atoms with E-state index in [9.17, 15) is 0 Å². The van der Waals surface area contributed by atoms with Crippen molar-refractivity contribution in [3.05, 3.63) is 41.1 Å². The Morgan fingerprint density at radius 3 is 3.12 bits per heavy atom. The summed E-state index contributed by atoms with van der Waals surface area (Å²) >= 11 is 1.71. The molecule has 2 heterocycles. The van der Waals surface area contributed by atoms with E-state index in [1.54, 1.807) is 17.5 Å². The summed E-state index contributed by atoms with van der Waals surface area (Å²) in [4.78, 5) is 9.72. The number of imidazole rings is 1. The van der Waals surface area contributed by atoms with Crippen molar-refractivity contribution in [1.29, 1.82) is 0 Å². The molecule has 2 aromatic rings. The molecular weight excluding hydrogens is 220 g/mol. The van der Waals surface area contributed by atoms with Crippen LogP contribution in [0.1, 0.15) is 9.88 Å². The summed E-state index contributed by atoms with van der Waals surface area (Å²) in [7, 11) is 0. The number of anilines is 1. The van der Waals surface area contributed by atoms with E-state index in [1.165, 1.54) is 4.88 Å². The summed E-state index contributed by atoms with van der Waals surface area (Å²) in [5.74, 6) is 0.867. The van der Waals surface area contributed by atoms with E-state index in [-0.39, 0.29) is 0 Å². The molecule has 0 aliphatic rings. The Morgan fingerprint density at radius 2 is 2.44 bits per heavy atom. The Bertz CT molecular complexity index is 472. The van der Waals surface area contributed by atoms with Gasteiger partial charge in [0.1, 0.15) is 0 Å². The van der Waals surface area contributed by atoms with Gasteiger partial charge in [-0.15, -0.1) is 17.9 Å². The van der Waals surface area contributed by atoms with E-state index < -0.39 is 0 Å². The van der Waals surface area contributed by atoms with Crippen LogP contribution >= 0.6 is 11.3 Å². The first-order chi connectivity index (χ1) is 7.79. The van der Waals surface area contributed by atoms with Gasteiger partial charge in [0.05, 0.1) is 11.6 Å². The van der Waals surface area contributed by atoms with E-state index in [0.29, 0.717) is 0 Å². The summed E-state index contributed by atoms with van der Waals surface area (Å²) in [5.41, 5.74) is 0. The fourth-order valence-corrected chi connectivity index (χ4v) is 2.21. The summed E-state index contributed by atoms with van der Waals surface area (Å²) in [6.07, 6.45) is 7.48. The molecular formula is C11H14N4S. The molecule has 0 spiro atoms. The van der Waals surface area contributed by atoms with Crippen LogP contribution in [0.2, 0.25) is 0 Å². The topological polar surface area (TPSA) is 42.7 Å². The van der Waals surface area contributed by atoms with Crippen LogP contribution < -0.4 is 5.32 Å². The molecule has 2 aromatic heterocycles. The van der Waals surface area contributed by atoms with Gasteiger partial charge in [0.15, 0.2) is 0 Å². The van der Waals surface area contributed by atoms with Gasteiger partial charge in [0.25, 0.3) is 0 Å². The van der Waals surface area contributed by atoms with Crippen molar-refractivity contribution in [1.82, 2.24) is 14.5 Å². The molecule has 0 saturated heterocycles. The lowest BCUT2D eigenvalue weighted by atomic mass is 10.5. The molecule has 0 saturated carbocycles. The van der Waals surface area contributed by atoms with Gasteiger partial charge in [-0.05, 0) is 6.92 Å². The number of rotatable bonds is 5. The zero-order valence-electron chi connectivity index (χ0n) is 9.18. The fraction of sp³-hybridized carbons (Fsp3) is 0.273. The van der Waals surface area contributed by atoms with Crippen LogP contribution in [0.3, 0.4) is 0 Å². The molecule has 5 heteroatoms. The second kappa shape index (κ2) is 4.94. The molecule has 84 valence electrons. The molecule has 0 bridgehead atoms. The predicted octanol–water partition coefficient (Wildman–Crippen LogP) is 2.29. The number of nitrogens with zero attached hydrogens (tertiary/aromatic N) is 3. The minimum Gasteiger partial charge on any atom is -0.352 e. The van der Waals surface area contributed by atoms with Crippen LogP contribution in [0.4, 0.5) is 5.95 Å². The minimum absolute atomic E-state index is 0.721. The molecule has 4 nitrogen and oxygen atoms in total. The summed E-state index contributed by atoms with van der Waals surface area (Å²) in [6, 6.07) is 0. The van der Waals surface area contributed by atoms with Crippen molar-refractivity contribution in [3.63, 3.8) is 0 Å². The summed E-state index contributed by atoms with van der Waals surface area (Å²) in [5, 5.41) is 4.28. The molecule has 0 amide bonds. The maximum Gasteiger partial charge on any atom is 0.203 e. The molecule has 0 aliphatic carbocycles. The number of aryl methyl sites for hydroxylation is 1. The van der Waals surface area contributed by atoms with Gasteiger partial charge in [-0.2, -0.15) is 0 Å². The SMILES string of the molecule is C=CCNc1nccn1Cc1cnc(C)s1. The van der Waals surface area contributed by atoms with Crippen molar-refractivity contribution < 1.29 is 0 Å². The van der Waals surface area contributed by atoms with E-state index >= 15 is 0 Å². The monoisotopic (exact) mass is 234 g/mol. The van der Waals surface area contributed by atoms with Crippen molar-refractivity contribution in [2.24, 2.45) is 0 Å². The van der Waals surface area contributed by atoms with Crippen molar-refractivity contribution in [2.45, 2.75) is 13.5 Å². The van der Waals surface area contributed by atoms with Gasteiger partial charge in [-0.25, -0.2) is 9.97 Å². The Morgan fingerprint density at radius 1 is 1.56 bits per heavy atom. The smallest absolute Gasteiger partial charge is 0.203 e. The number of hydrogen-bond donors (Lipinski definition) is 1. The first-order valence-corrected chi connectivity index (χ1v) is 5.88. The molecule has 0 fully saturated rings. The van der Waals surface area contributed by atoms with E-state index in [0.717, 1.165) is 24.0 Å². The number of thiazole rings is 1. The summed E-state index contributed by atoms with van der Waals surface area (Å²) in [6.45, 7) is 7.21. The number of aromatic nitrogens is 3.